The molecule has 14 aromatic rings. The molecule has 0 unspecified atom stereocenters. The first-order chi connectivity index (χ1) is 71.1. The van der Waals surface area contributed by atoms with Crippen LogP contribution >= 0.6 is 11.6 Å². The van der Waals surface area contributed by atoms with Gasteiger partial charge in [-0.05, 0) is 271 Å². The zero-order chi connectivity index (χ0) is 108. The Bertz CT molecular complexity index is 7290. The van der Waals surface area contributed by atoms with Gasteiger partial charge in [0.05, 0.1) is 88.2 Å². The van der Waals surface area contributed by atoms with Crippen molar-refractivity contribution in [2.24, 2.45) is 11.8 Å². The second-order valence-corrected chi connectivity index (χ2v) is 44.3. The Kier molecular flexibility index (Phi) is 41.2. The van der Waals surface area contributed by atoms with E-state index in [0.29, 0.717) is 81.3 Å². The number of aryl methyl sites for hydroxylation is 1. The van der Waals surface area contributed by atoms with E-state index >= 15 is 0 Å². The summed E-state index contributed by atoms with van der Waals surface area (Å²) in [4.78, 5) is 55.8. The minimum Gasteiger partial charge on any atom is -0.497 e. The normalized spacial score (nSPS) is 13.1. The van der Waals surface area contributed by atoms with Gasteiger partial charge in [-0.2, -0.15) is 21.5 Å². The van der Waals surface area contributed by atoms with Crippen LogP contribution in [0.4, 0.5) is 8.78 Å². The van der Waals surface area contributed by atoms with Crippen LogP contribution in [0.25, 0.3) is 0 Å². The number of carboxylic acid groups (broad SMARTS) is 5. The maximum Gasteiger partial charge on any atom is 0.335 e. The summed E-state index contributed by atoms with van der Waals surface area (Å²) in [5, 5.41) is 45.9. The van der Waals surface area contributed by atoms with Gasteiger partial charge in [0.25, 0.3) is 0 Å². The van der Waals surface area contributed by atoms with E-state index in [9.17, 15) is 79.9 Å². The highest BCUT2D eigenvalue weighted by atomic mass is 35.5. The summed E-state index contributed by atoms with van der Waals surface area (Å²) in [5.41, 5.74) is 7.56. The van der Waals surface area contributed by atoms with E-state index in [4.69, 9.17) is 55.7 Å². The summed E-state index contributed by atoms with van der Waals surface area (Å²) in [5.74, 6) is -3.18. The third kappa shape index (κ3) is 32.8. The number of ether oxygens (including phenoxy) is 5. The number of benzene rings is 14. The van der Waals surface area contributed by atoms with Gasteiger partial charge in [-0.25, -0.2) is 70.0 Å². The van der Waals surface area contributed by atoms with Gasteiger partial charge in [-0.15, -0.1) is 0 Å². The maximum atomic E-state index is 13.6. The highest BCUT2D eigenvalue weighted by molar-refractivity contribution is 7.90. The lowest BCUT2D eigenvalue weighted by Gasteiger charge is -2.31. The van der Waals surface area contributed by atoms with E-state index in [1.54, 1.807) is 159 Å². The Morgan fingerprint density at radius 1 is 0.289 bits per heavy atom. The summed E-state index contributed by atoms with van der Waals surface area (Å²) in [6.07, 6.45) is 2.71. The molecule has 30 nitrogen and oxygen atoms in total. The number of nitrogens with zero attached hydrogens (tertiary/aromatic N) is 5. The first-order valence-electron chi connectivity index (χ1n) is 46.1. The predicted molar refractivity (Wildman–Crippen MR) is 557 cm³/mol. The number of carbonyl (C=O) groups is 5. The SMILES string of the molecule is COc1ccc(CN(Cc2ccc(F)cc2)S(=O)(=O)c2ccc(C(=O)O)cc2)cc1.COc1ccc(CN(Cc2cccc(Cl)c2)S(=O)(=O)c2ccc(C(=O)O)cc2)cc1.COc1ccc(CN(Cc2cccc(F)c2)S(=O)(=O)c2ccc(C(=O)O)cc2)cc1.COc1ccc(CN(Cc2ccccc2)S(=O)(=O)c2ccc(C(=O)O)cc2)c(OC)c1.Cc1ccc(S(=O)(=O)N(Cc2ccccc2)CC2CCC(C(=O)O)CC2)cc1. The average Bonchev–Trinajstić information content (AvgIpc) is 0.804. The van der Waals surface area contributed by atoms with Gasteiger partial charge < -0.3 is 49.2 Å². The molecule has 1 aliphatic rings. The largest absolute Gasteiger partial charge is 0.497 e. The first-order valence-corrected chi connectivity index (χ1v) is 53.7. The zero-order valence-electron chi connectivity index (χ0n) is 81.8. The minimum absolute atomic E-state index is 0.00538. The fraction of sp³-hybridized carbons (Fsp3) is 0.198. The molecule has 38 heteroatoms. The molecule has 0 radical (unpaired) electrons. The van der Waals surface area contributed by atoms with Crippen LogP contribution in [0, 0.1) is 30.4 Å². The fourth-order valence-electron chi connectivity index (χ4n) is 15.6. The number of hydrogen-bond donors (Lipinski definition) is 5. The molecule has 0 amide bonds. The van der Waals surface area contributed by atoms with Crippen molar-refractivity contribution in [2.75, 3.05) is 42.1 Å². The maximum absolute atomic E-state index is 13.6. The summed E-state index contributed by atoms with van der Waals surface area (Å²) >= 11 is 6.06. The van der Waals surface area contributed by atoms with Crippen molar-refractivity contribution in [3.05, 3.63) is 440 Å². The number of aromatic carboxylic acids is 4. The van der Waals surface area contributed by atoms with Crippen molar-refractivity contribution in [3.63, 3.8) is 0 Å². The molecule has 1 saturated carbocycles. The van der Waals surface area contributed by atoms with Crippen LogP contribution in [0.2, 0.25) is 5.02 Å². The molecule has 0 aliphatic heterocycles. The van der Waals surface area contributed by atoms with Crippen molar-refractivity contribution in [1.29, 1.82) is 0 Å². The smallest absolute Gasteiger partial charge is 0.335 e. The molecule has 780 valence electrons. The molecular formula is C111H110ClF2N5O25S5. The van der Waals surface area contributed by atoms with Crippen LogP contribution in [0.1, 0.15) is 123 Å². The van der Waals surface area contributed by atoms with E-state index in [0.717, 1.165) is 51.8 Å². The number of carboxylic acids is 5. The first kappa shape index (κ1) is 114. The Balaban J connectivity index is 0.000000177. The van der Waals surface area contributed by atoms with Gasteiger partial charge in [0, 0.05) is 82.1 Å². The monoisotopic (exact) mass is 2150 g/mol. The number of rotatable bonds is 40. The highest BCUT2D eigenvalue weighted by Gasteiger charge is 2.35. The van der Waals surface area contributed by atoms with E-state index in [-0.39, 0.29) is 106 Å². The molecule has 5 N–H and O–H groups in total. The molecule has 0 atom stereocenters. The van der Waals surface area contributed by atoms with Crippen molar-refractivity contribution in [2.45, 2.75) is 116 Å². The van der Waals surface area contributed by atoms with Crippen LogP contribution in [-0.4, -0.2) is 161 Å². The van der Waals surface area contributed by atoms with E-state index in [1.165, 1.54) is 171 Å². The van der Waals surface area contributed by atoms with Crippen LogP contribution in [0.5, 0.6) is 28.7 Å². The average molecular weight is 2150 g/mol. The van der Waals surface area contributed by atoms with Crippen LogP contribution in [-0.2, 0) is 114 Å². The fourth-order valence-corrected chi connectivity index (χ4v) is 23.0. The van der Waals surface area contributed by atoms with Crippen molar-refractivity contribution in [3.8, 4) is 28.7 Å². The standard InChI is InChI=1S/C23H23NO6S.C22H20ClNO5S.2C22H20FNO5S.C22H27NO4S/c1-29-20-11-8-19(22(14-20)30-2)16-24(15-17-6-4-3-5-7-17)31(27,28)21-12-9-18(10-13-21)23(25)26;1-29-20-9-5-16(6-10-20)14-24(15-17-3-2-4-19(23)13-17)30(27,28)21-11-7-18(8-12-21)22(25)26;1-29-20-10-4-17(5-11-20)15-24(14-16-2-8-19(23)9-3-16)30(27,28)21-12-6-18(7-13-21)22(25)26;1-29-20-9-5-16(6-10-20)14-24(15-17-3-2-4-19(23)13-17)30(27,28)21-11-7-18(8-12-21)22(25)26;1-17-7-13-21(14-8-17)28(26,27)23(15-18-5-3-2-4-6-18)16-19-9-11-20(12-10-19)22(24)25/h3-14H,15-16H2,1-2H3,(H,25,26);3*2-13H,14-15H2,1H3,(H,25,26);2-8,13-14,19-20H,9-12,15-16H2,1H3,(H,24,25). The molecule has 0 aromatic heterocycles. The van der Waals surface area contributed by atoms with Crippen molar-refractivity contribution < 1.29 is 124 Å². The molecule has 1 aliphatic carbocycles. The predicted octanol–water partition coefficient (Wildman–Crippen LogP) is 20.2. The quantitative estimate of drug-likeness (QED) is 0.0238. The zero-order valence-corrected chi connectivity index (χ0v) is 86.6. The molecule has 0 spiro atoms. The van der Waals surface area contributed by atoms with Crippen molar-refractivity contribution >= 4 is 91.6 Å². The van der Waals surface area contributed by atoms with Gasteiger partial charge in [0.2, 0.25) is 50.1 Å². The molecule has 14 aromatic carbocycles. The number of halogens is 3. The van der Waals surface area contributed by atoms with Crippen LogP contribution < -0.4 is 23.7 Å². The summed E-state index contributed by atoms with van der Waals surface area (Å²) < 4.78 is 193. The second-order valence-electron chi connectivity index (χ2n) is 34.2. The molecule has 0 saturated heterocycles. The topological polar surface area (TPSA) is 420 Å². The van der Waals surface area contributed by atoms with E-state index < -0.39 is 91.6 Å². The van der Waals surface area contributed by atoms with E-state index in [2.05, 4.69) is 0 Å². The Labute approximate surface area is 870 Å². The lowest BCUT2D eigenvalue weighted by molar-refractivity contribution is -0.143. The molecular weight excluding hydrogens is 2040 g/mol. The molecule has 15 rings (SSSR count). The molecule has 0 bridgehead atoms. The van der Waals surface area contributed by atoms with Gasteiger partial charge in [0.15, 0.2) is 0 Å². The van der Waals surface area contributed by atoms with Crippen LogP contribution in [0.15, 0.2) is 370 Å². The second kappa shape index (κ2) is 53.7. The lowest BCUT2D eigenvalue weighted by Crippen LogP contribution is -2.36. The lowest BCUT2D eigenvalue weighted by atomic mass is 9.82. The number of methoxy groups -OCH3 is 5. The van der Waals surface area contributed by atoms with Gasteiger partial charge in [-0.3, -0.25) is 4.79 Å². The van der Waals surface area contributed by atoms with Crippen LogP contribution in [0.3, 0.4) is 0 Å². The number of hydrogen-bond acceptors (Lipinski definition) is 20. The third-order valence-corrected chi connectivity index (χ3v) is 33.1. The van der Waals surface area contributed by atoms with Crippen molar-refractivity contribution in [1.82, 2.24) is 21.5 Å². The van der Waals surface area contributed by atoms with Gasteiger partial charge in [-0.1, -0.05) is 169 Å². The Morgan fingerprint density at radius 2 is 0.570 bits per heavy atom. The number of sulfonamides is 5. The van der Waals surface area contributed by atoms with E-state index in [1.807, 2.05) is 79.7 Å². The summed E-state index contributed by atoms with van der Waals surface area (Å²) in [6.45, 7) is 3.18. The molecule has 149 heavy (non-hydrogen) atoms. The van der Waals surface area contributed by atoms with Gasteiger partial charge in [0.1, 0.15) is 40.4 Å². The molecule has 1 fully saturated rings. The summed E-state index contributed by atoms with van der Waals surface area (Å²) in [6, 6.07) is 90.7. The molecule has 0 heterocycles. The minimum atomic E-state index is -3.98. The Morgan fingerprint density at radius 3 is 0.886 bits per heavy atom. The highest BCUT2D eigenvalue weighted by Crippen LogP contribution is 2.36. The number of aliphatic carboxylic acids is 1. The van der Waals surface area contributed by atoms with Gasteiger partial charge >= 0.3 is 29.8 Å². The Hall–Kier alpha value is -14.9. The summed E-state index contributed by atoms with van der Waals surface area (Å²) in [7, 11) is -11.7. The third-order valence-electron chi connectivity index (χ3n) is 23.8.